The molecule has 5 heteroatoms. The van der Waals surface area contributed by atoms with E-state index in [1.165, 1.54) is 11.8 Å². The van der Waals surface area contributed by atoms with Gasteiger partial charge in [0.15, 0.2) is 5.09 Å². The summed E-state index contributed by atoms with van der Waals surface area (Å²) < 4.78 is 6.10. The van der Waals surface area contributed by atoms with E-state index in [1.54, 1.807) is 12.1 Å². The number of benzene rings is 3. The van der Waals surface area contributed by atoms with Gasteiger partial charge in [-0.15, -0.1) is 0 Å². The van der Waals surface area contributed by atoms with Gasteiger partial charge in [-0.05, 0) is 60.3 Å². The first-order valence-electron chi connectivity index (χ1n) is 8.23. The molecular weight excluding hydrogens is 376 g/mol. The number of hydrogen-bond donors (Lipinski definition) is 0. The van der Waals surface area contributed by atoms with Gasteiger partial charge in [0.05, 0.1) is 11.6 Å². The Labute approximate surface area is 166 Å². The van der Waals surface area contributed by atoms with Gasteiger partial charge in [0.1, 0.15) is 5.69 Å². The molecule has 4 aromatic rings. The summed E-state index contributed by atoms with van der Waals surface area (Å²) in [4.78, 5) is 5.73. The van der Waals surface area contributed by atoms with Crippen LogP contribution in [0.15, 0.2) is 93.3 Å². The lowest BCUT2D eigenvalue weighted by molar-refractivity contribution is 0.486. The molecule has 0 atom stereocenters. The molecule has 0 spiro atoms. The molecule has 1 aromatic heterocycles. The molecule has 0 saturated carbocycles. The van der Waals surface area contributed by atoms with Gasteiger partial charge in [0, 0.05) is 21.0 Å². The second kappa shape index (κ2) is 7.71. The van der Waals surface area contributed by atoms with Crippen LogP contribution < -0.4 is 0 Å². The molecule has 130 valence electrons. The van der Waals surface area contributed by atoms with Crippen molar-refractivity contribution in [3.05, 3.63) is 89.4 Å². The SMILES string of the molecule is N#Cc1ccc(-c2nc(-c3ccccc3)oc2Sc2ccc(Cl)cc2)cc1. The van der Waals surface area contributed by atoms with Crippen molar-refractivity contribution in [3.63, 3.8) is 0 Å². The minimum absolute atomic E-state index is 0.562. The van der Waals surface area contributed by atoms with Crippen molar-refractivity contribution < 1.29 is 4.42 Å². The minimum atomic E-state index is 0.562. The van der Waals surface area contributed by atoms with Crippen molar-refractivity contribution in [2.45, 2.75) is 9.99 Å². The Morgan fingerprint density at radius 1 is 0.852 bits per heavy atom. The fourth-order valence-corrected chi connectivity index (χ4v) is 3.57. The molecule has 0 aliphatic heterocycles. The second-order valence-electron chi connectivity index (χ2n) is 5.77. The van der Waals surface area contributed by atoms with E-state index in [4.69, 9.17) is 26.3 Å². The van der Waals surface area contributed by atoms with Gasteiger partial charge in [-0.2, -0.15) is 5.26 Å². The highest BCUT2D eigenvalue weighted by atomic mass is 35.5. The molecule has 0 bridgehead atoms. The molecule has 1 heterocycles. The van der Waals surface area contributed by atoms with Crippen molar-refractivity contribution in [1.29, 1.82) is 5.26 Å². The van der Waals surface area contributed by atoms with Gasteiger partial charge in [0.25, 0.3) is 0 Å². The molecule has 0 radical (unpaired) electrons. The smallest absolute Gasteiger partial charge is 0.228 e. The third kappa shape index (κ3) is 3.90. The quantitative estimate of drug-likeness (QED) is 0.391. The van der Waals surface area contributed by atoms with E-state index in [2.05, 4.69) is 6.07 Å². The molecule has 3 nitrogen and oxygen atoms in total. The molecular formula is C22H13ClN2OS. The van der Waals surface area contributed by atoms with Crippen LogP contribution in [0.4, 0.5) is 0 Å². The zero-order valence-corrected chi connectivity index (χ0v) is 15.7. The van der Waals surface area contributed by atoms with Crippen molar-refractivity contribution in [3.8, 4) is 28.8 Å². The highest BCUT2D eigenvalue weighted by molar-refractivity contribution is 7.99. The van der Waals surface area contributed by atoms with Gasteiger partial charge < -0.3 is 4.42 Å². The molecule has 27 heavy (non-hydrogen) atoms. The van der Waals surface area contributed by atoms with Crippen LogP contribution in [0.25, 0.3) is 22.7 Å². The Morgan fingerprint density at radius 2 is 1.56 bits per heavy atom. The molecule has 0 saturated heterocycles. The summed E-state index contributed by atoms with van der Waals surface area (Å²) in [6, 6.07) is 26.8. The molecule has 0 unspecified atom stereocenters. The normalized spacial score (nSPS) is 10.5. The Bertz CT molecular complexity index is 1100. The van der Waals surface area contributed by atoms with Gasteiger partial charge >= 0.3 is 0 Å². The van der Waals surface area contributed by atoms with Crippen LogP contribution in [0.1, 0.15) is 5.56 Å². The van der Waals surface area contributed by atoms with Crippen LogP contribution in [-0.4, -0.2) is 4.98 Å². The number of aromatic nitrogens is 1. The number of rotatable bonds is 4. The monoisotopic (exact) mass is 388 g/mol. The minimum Gasteiger partial charge on any atom is -0.429 e. The third-order valence-corrected chi connectivity index (χ3v) is 5.15. The topological polar surface area (TPSA) is 49.8 Å². The molecule has 0 aliphatic rings. The van der Waals surface area contributed by atoms with Gasteiger partial charge in [-0.25, -0.2) is 4.98 Å². The van der Waals surface area contributed by atoms with Crippen molar-refractivity contribution in [2.24, 2.45) is 0 Å². The number of nitriles is 1. The Hall–Kier alpha value is -3.00. The molecule has 3 aromatic carbocycles. The van der Waals surface area contributed by atoms with E-state index in [1.807, 2.05) is 66.7 Å². The average Bonchev–Trinajstić information content (AvgIpc) is 3.14. The lowest BCUT2D eigenvalue weighted by atomic mass is 10.1. The van der Waals surface area contributed by atoms with Crippen LogP contribution in [0.3, 0.4) is 0 Å². The lowest BCUT2D eigenvalue weighted by Crippen LogP contribution is -1.82. The van der Waals surface area contributed by atoms with E-state index < -0.39 is 0 Å². The predicted molar refractivity (Wildman–Crippen MR) is 108 cm³/mol. The third-order valence-electron chi connectivity index (χ3n) is 3.93. The summed E-state index contributed by atoms with van der Waals surface area (Å²) in [5.41, 5.74) is 3.17. The van der Waals surface area contributed by atoms with Crippen LogP contribution in [0.2, 0.25) is 5.02 Å². The first-order valence-corrected chi connectivity index (χ1v) is 9.42. The predicted octanol–water partition coefficient (Wildman–Crippen LogP) is 6.68. The highest BCUT2D eigenvalue weighted by Gasteiger charge is 2.17. The van der Waals surface area contributed by atoms with E-state index in [0.29, 0.717) is 21.6 Å². The highest BCUT2D eigenvalue weighted by Crippen LogP contribution is 2.39. The average molecular weight is 389 g/mol. The zero-order chi connectivity index (χ0) is 18.6. The fourth-order valence-electron chi connectivity index (χ4n) is 2.57. The van der Waals surface area contributed by atoms with Crippen LogP contribution in [-0.2, 0) is 0 Å². The number of oxazole rings is 1. The maximum absolute atomic E-state index is 9.02. The summed E-state index contributed by atoms with van der Waals surface area (Å²) in [5, 5.41) is 10.4. The molecule has 0 amide bonds. The summed E-state index contributed by atoms with van der Waals surface area (Å²) in [7, 11) is 0. The maximum atomic E-state index is 9.02. The number of hydrogen-bond acceptors (Lipinski definition) is 4. The zero-order valence-electron chi connectivity index (χ0n) is 14.1. The number of halogens is 1. The van der Waals surface area contributed by atoms with Crippen molar-refractivity contribution in [1.82, 2.24) is 4.98 Å². The van der Waals surface area contributed by atoms with Crippen molar-refractivity contribution >= 4 is 23.4 Å². The van der Waals surface area contributed by atoms with E-state index >= 15 is 0 Å². The molecule has 0 N–H and O–H groups in total. The van der Waals surface area contributed by atoms with E-state index in [9.17, 15) is 0 Å². The van der Waals surface area contributed by atoms with Gasteiger partial charge in [-0.3, -0.25) is 0 Å². The summed E-state index contributed by atoms with van der Waals surface area (Å²) in [5.74, 6) is 0.562. The van der Waals surface area contributed by atoms with Gasteiger partial charge in [0.2, 0.25) is 5.89 Å². The molecule has 0 fully saturated rings. The Balaban J connectivity index is 1.78. The van der Waals surface area contributed by atoms with E-state index in [-0.39, 0.29) is 0 Å². The lowest BCUT2D eigenvalue weighted by Gasteiger charge is -2.02. The Kier molecular flexibility index (Phi) is 4.97. The maximum Gasteiger partial charge on any atom is 0.228 e. The Morgan fingerprint density at radius 3 is 2.22 bits per heavy atom. The largest absolute Gasteiger partial charge is 0.429 e. The second-order valence-corrected chi connectivity index (χ2v) is 7.25. The van der Waals surface area contributed by atoms with Crippen LogP contribution in [0.5, 0.6) is 0 Å². The number of nitrogens with zero attached hydrogens (tertiary/aromatic N) is 2. The fraction of sp³-hybridized carbons (Fsp3) is 0. The van der Waals surface area contributed by atoms with Crippen molar-refractivity contribution in [2.75, 3.05) is 0 Å². The molecule has 0 aliphatic carbocycles. The molecule has 4 rings (SSSR count). The summed E-state index contributed by atoms with van der Waals surface area (Å²) >= 11 is 7.47. The first-order chi connectivity index (χ1) is 13.2. The summed E-state index contributed by atoms with van der Waals surface area (Å²) in [6.07, 6.45) is 0. The standard InChI is InChI=1S/C22H13ClN2OS/c23-18-10-12-19(13-11-18)27-22-20(16-8-6-15(14-24)7-9-16)25-21(26-22)17-4-2-1-3-5-17/h1-13H. The first kappa shape index (κ1) is 17.4. The summed E-state index contributed by atoms with van der Waals surface area (Å²) in [6.45, 7) is 0. The van der Waals surface area contributed by atoms with Crippen LogP contribution >= 0.6 is 23.4 Å². The van der Waals surface area contributed by atoms with Crippen LogP contribution in [0, 0.1) is 11.3 Å². The van der Waals surface area contributed by atoms with E-state index in [0.717, 1.165) is 21.7 Å². The van der Waals surface area contributed by atoms with Gasteiger partial charge in [-0.1, -0.05) is 41.9 Å².